The van der Waals surface area contributed by atoms with Crippen molar-refractivity contribution in [2.24, 2.45) is 0 Å². The van der Waals surface area contributed by atoms with Crippen LogP contribution in [-0.2, 0) is 0 Å². The number of benzene rings is 2. The third kappa shape index (κ3) is 3.58. The molecule has 4 nitrogen and oxygen atoms in total. The Morgan fingerprint density at radius 2 is 1.55 bits per heavy atom. The van der Waals surface area contributed by atoms with Gasteiger partial charge in [-0.2, -0.15) is 0 Å². The molecule has 2 amide bonds. The van der Waals surface area contributed by atoms with Gasteiger partial charge in [-0.3, -0.25) is 0 Å². The Bertz CT molecular complexity index is 655. The van der Waals surface area contributed by atoms with Crippen LogP contribution in [0.15, 0.2) is 42.5 Å². The molecule has 1 saturated carbocycles. The first-order valence-electron chi connectivity index (χ1n) is 7.62. The number of nitrogens with one attached hydrogen (secondary N) is 3. The lowest BCUT2D eigenvalue weighted by atomic mass is 10.1. The molecule has 2 aromatic rings. The van der Waals surface area contributed by atoms with Crippen LogP contribution in [0.2, 0.25) is 0 Å². The SMILES string of the molecule is Cc1cccc(C)c1Nc1ccc(NC(=O)NC2CC2)cc1. The fourth-order valence-corrected chi connectivity index (χ4v) is 2.37. The van der Waals surface area contributed by atoms with Gasteiger partial charge in [0.2, 0.25) is 0 Å². The summed E-state index contributed by atoms with van der Waals surface area (Å²) in [7, 11) is 0. The molecule has 4 heteroatoms. The smallest absolute Gasteiger partial charge is 0.319 e. The second-order valence-corrected chi connectivity index (χ2v) is 5.84. The lowest BCUT2D eigenvalue weighted by molar-refractivity contribution is 0.251. The third-order valence-corrected chi connectivity index (χ3v) is 3.81. The molecule has 22 heavy (non-hydrogen) atoms. The first kappa shape index (κ1) is 14.4. The van der Waals surface area contributed by atoms with E-state index in [0.29, 0.717) is 6.04 Å². The number of amides is 2. The van der Waals surface area contributed by atoms with Crippen LogP contribution in [0.25, 0.3) is 0 Å². The van der Waals surface area contributed by atoms with Gasteiger partial charge in [-0.15, -0.1) is 0 Å². The van der Waals surface area contributed by atoms with Crippen molar-refractivity contribution < 1.29 is 4.79 Å². The predicted molar refractivity (Wildman–Crippen MR) is 90.8 cm³/mol. The van der Waals surface area contributed by atoms with Crippen molar-refractivity contribution in [1.29, 1.82) is 0 Å². The summed E-state index contributed by atoms with van der Waals surface area (Å²) in [6.45, 7) is 4.18. The van der Waals surface area contributed by atoms with Crippen molar-refractivity contribution in [1.82, 2.24) is 5.32 Å². The largest absolute Gasteiger partial charge is 0.355 e. The van der Waals surface area contributed by atoms with Crippen LogP contribution in [-0.4, -0.2) is 12.1 Å². The second-order valence-electron chi connectivity index (χ2n) is 5.84. The Morgan fingerprint density at radius 1 is 0.955 bits per heavy atom. The molecule has 0 bridgehead atoms. The average Bonchev–Trinajstić information content (AvgIpc) is 3.29. The quantitative estimate of drug-likeness (QED) is 0.786. The maximum absolute atomic E-state index is 11.7. The van der Waals surface area contributed by atoms with Crippen LogP contribution in [0, 0.1) is 13.8 Å². The number of hydrogen-bond donors (Lipinski definition) is 3. The molecule has 0 spiro atoms. The fourth-order valence-electron chi connectivity index (χ4n) is 2.37. The zero-order chi connectivity index (χ0) is 15.5. The molecule has 0 saturated heterocycles. The van der Waals surface area contributed by atoms with Gasteiger partial charge in [0.05, 0.1) is 0 Å². The highest BCUT2D eigenvalue weighted by Gasteiger charge is 2.23. The number of carbonyl (C=O) groups is 1. The van der Waals surface area contributed by atoms with Gasteiger partial charge in [-0.1, -0.05) is 18.2 Å². The molecule has 0 heterocycles. The summed E-state index contributed by atoms with van der Waals surface area (Å²) in [6.07, 6.45) is 2.18. The standard InChI is InChI=1S/C18H21N3O/c1-12-4-3-5-13(2)17(12)19-14-6-8-15(9-7-14)20-18(22)21-16-10-11-16/h3-9,16,19H,10-11H2,1-2H3,(H2,20,21,22). The summed E-state index contributed by atoms with van der Waals surface area (Å²) in [5.74, 6) is 0. The maximum atomic E-state index is 11.7. The van der Waals surface area contributed by atoms with Crippen molar-refractivity contribution in [2.75, 3.05) is 10.6 Å². The van der Waals surface area contributed by atoms with E-state index in [9.17, 15) is 4.79 Å². The lowest BCUT2D eigenvalue weighted by Gasteiger charge is -2.13. The summed E-state index contributed by atoms with van der Waals surface area (Å²) in [4.78, 5) is 11.7. The molecular weight excluding hydrogens is 274 g/mol. The number of anilines is 3. The first-order valence-corrected chi connectivity index (χ1v) is 7.62. The molecular formula is C18H21N3O. The van der Waals surface area contributed by atoms with Crippen LogP contribution in [0.4, 0.5) is 21.9 Å². The minimum Gasteiger partial charge on any atom is -0.355 e. The number of carbonyl (C=O) groups excluding carboxylic acids is 1. The van der Waals surface area contributed by atoms with Crippen LogP contribution in [0.1, 0.15) is 24.0 Å². The number of para-hydroxylation sites is 1. The van der Waals surface area contributed by atoms with Crippen molar-refractivity contribution >= 4 is 23.1 Å². The first-order chi connectivity index (χ1) is 10.6. The van der Waals surface area contributed by atoms with E-state index in [4.69, 9.17) is 0 Å². The van der Waals surface area contributed by atoms with Gasteiger partial charge in [0.25, 0.3) is 0 Å². The summed E-state index contributed by atoms with van der Waals surface area (Å²) < 4.78 is 0. The van der Waals surface area contributed by atoms with Crippen LogP contribution >= 0.6 is 0 Å². The minimum absolute atomic E-state index is 0.127. The zero-order valence-electron chi connectivity index (χ0n) is 12.9. The molecule has 1 aliphatic carbocycles. The van der Waals surface area contributed by atoms with Gasteiger partial charge < -0.3 is 16.0 Å². The van der Waals surface area contributed by atoms with Crippen molar-refractivity contribution in [3.63, 3.8) is 0 Å². The van der Waals surface area contributed by atoms with Gasteiger partial charge in [0.15, 0.2) is 0 Å². The van der Waals surface area contributed by atoms with E-state index in [1.807, 2.05) is 24.3 Å². The van der Waals surface area contributed by atoms with Gasteiger partial charge in [-0.25, -0.2) is 4.79 Å². The van der Waals surface area contributed by atoms with Crippen LogP contribution in [0.3, 0.4) is 0 Å². The molecule has 0 atom stereocenters. The molecule has 0 radical (unpaired) electrons. The predicted octanol–water partition coefficient (Wildman–Crippen LogP) is 4.33. The summed E-state index contributed by atoms with van der Waals surface area (Å²) in [5, 5.41) is 9.19. The van der Waals surface area contributed by atoms with Crippen LogP contribution in [0.5, 0.6) is 0 Å². The van der Waals surface area contributed by atoms with Gasteiger partial charge in [0.1, 0.15) is 0 Å². The number of rotatable bonds is 4. The number of urea groups is 1. The Balaban J connectivity index is 1.64. The molecule has 0 aromatic heterocycles. The van der Waals surface area contributed by atoms with Crippen molar-refractivity contribution in [3.05, 3.63) is 53.6 Å². The van der Waals surface area contributed by atoms with E-state index in [-0.39, 0.29) is 6.03 Å². The molecule has 114 valence electrons. The van der Waals surface area contributed by atoms with E-state index in [1.165, 1.54) is 11.1 Å². The Hall–Kier alpha value is -2.49. The Morgan fingerprint density at radius 3 is 2.14 bits per heavy atom. The number of hydrogen-bond acceptors (Lipinski definition) is 2. The minimum atomic E-state index is -0.127. The number of aryl methyl sites for hydroxylation is 2. The van der Waals surface area contributed by atoms with Gasteiger partial charge >= 0.3 is 6.03 Å². The highest BCUT2D eigenvalue weighted by Crippen LogP contribution is 2.25. The third-order valence-electron chi connectivity index (χ3n) is 3.81. The second kappa shape index (κ2) is 6.10. The Labute approximate surface area is 130 Å². The normalized spacial score (nSPS) is 13.5. The van der Waals surface area contributed by atoms with E-state index < -0.39 is 0 Å². The summed E-state index contributed by atoms with van der Waals surface area (Å²) in [6, 6.07) is 14.2. The lowest BCUT2D eigenvalue weighted by Crippen LogP contribution is -2.30. The molecule has 3 N–H and O–H groups in total. The molecule has 0 aliphatic heterocycles. The summed E-state index contributed by atoms with van der Waals surface area (Å²) in [5.41, 5.74) is 5.36. The molecule has 0 unspecified atom stereocenters. The average molecular weight is 295 g/mol. The topological polar surface area (TPSA) is 53.2 Å². The highest BCUT2D eigenvalue weighted by molar-refractivity contribution is 5.89. The monoisotopic (exact) mass is 295 g/mol. The zero-order valence-corrected chi connectivity index (χ0v) is 12.9. The molecule has 2 aromatic carbocycles. The maximum Gasteiger partial charge on any atom is 0.319 e. The van der Waals surface area contributed by atoms with Crippen LogP contribution < -0.4 is 16.0 Å². The van der Waals surface area contributed by atoms with E-state index in [0.717, 1.165) is 29.9 Å². The van der Waals surface area contributed by atoms with E-state index in [1.54, 1.807) is 0 Å². The van der Waals surface area contributed by atoms with Crippen molar-refractivity contribution in [2.45, 2.75) is 32.7 Å². The molecule has 1 aliphatic rings. The highest BCUT2D eigenvalue weighted by atomic mass is 16.2. The molecule has 3 rings (SSSR count). The van der Waals surface area contributed by atoms with Gasteiger partial charge in [-0.05, 0) is 62.1 Å². The van der Waals surface area contributed by atoms with Gasteiger partial charge in [0, 0.05) is 23.1 Å². The van der Waals surface area contributed by atoms with Crippen molar-refractivity contribution in [3.8, 4) is 0 Å². The summed E-state index contributed by atoms with van der Waals surface area (Å²) >= 11 is 0. The Kier molecular flexibility index (Phi) is 4.00. The fraction of sp³-hybridized carbons (Fsp3) is 0.278. The molecule has 1 fully saturated rings. The van der Waals surface area contributed by atoms with E-state index in [2.05, 4.69) is 48.0 Å². The van der Waals surface area contributed by atoms with E-state index >= 15 is 0 Å².